The molecule has 1 N–H and O–H groups in total. The first kappa shape index (κ1) is 17.1. The highest BCUT2D eigenvalue weighted by atomic mass is 16.5. The lowest BCUT2D eigenvalue weighted by Crippen LogP contribution is -2.14. The van der Waals surface area contributed by atoms with Crippen LogP contribution in [0.15, 0.2) is 12.1 Å². The Labute approximate surface area is 126 Å². The van der Waals surface area contributed by atoms with Crippen molar-refractivity contribution in [2.75, 3.05) is 27.4 Å². The van der Waals surface area contributed by atoms with Crippen molar-refractivity contribution < 1.29 is 14.2 Å². The Bertz CT molecular complexity index is 444. The van der Waals surface area contributed by atoms with Crippen LogP contribution in [0, 0.1) is 11.3 Å². The van der Waals surface area contributed by atoms with E-state index in [9.17, 15) is 0 Å². The fourth-order valence-electron chi connectivity index (χ4n) is 1.91. The van der Waals surface area contributed by atoms with Gasteiger partial charge in [0.15, 0.2) is 11.5 Å². The van der Waals surface area contributed by atoms with Gasteiger partial charge in [0.05, 0.1) is 26.9 Å². The molecule has 0 atom stereocenters. The molecule has 0 aliphatic heterocycles. The van der Waals surface area contributed by atoms with Crippen molar-refractivity contribution in [3.8, 4) is 23.3 Å². The van der Waals surface area contributed by atoms with Gasteiger partial charge in [-0.3, -0.25) is 0 Å². The Hall–Kier alpha value is -1.93. The predicted molar refractivity (Wildman–Crippen MR) is 81.9 cm³/mol. The second-order valence-corrected chi connectivity index (χ2v) is 4.62. The summed E-state index contributed by atoms with van der Waals surface area (Å²) in [6.45, 7) is 4.33. The van der Waals surface area contributed by atoms with Crippen LogP contribution in [0.2, 0.25) is 0 Å². The SMILES string of the molecule is CCCNCc1cc(OC)c(OCCCC#N)c(OC)c1. The van der Waals surface area contributed by atoms with Gasteiger partial charge in [0.2, 0.25) is 5.75 Å². The highest BCUT2D eigenvalue weighted by Crippen LogP contribution is 2.38. The largest absolute Gasteiger partial charge is 0.493 e. The molecule has 0 spiro atoms. The molecule has 5 nitrogen and oxygen atoms in total. The Kier molecular flexibility index (Phi) is 8.07. The van der Waals surface area contributed by atoms with Crippen molar-refractivity contribution in [3.05, 3.63) is 17.7 Å². The maximum atomic E-state index is 8.54. The number of benzene rings is 1. The van der Waals surface area contributed by atoms with Crippen LogP contribution >= 0.6 is 0 Å². The minimum Gasteiger partial charge on any atom is -0.493 e. The van der Waals surface area contributed by atoms with Crippen LogP contribution in [0.5, 0.6) is 17.2 Å². The zero-order chi connectivity index (χ0) is 15.5. The third-order valence-electron chi connectivity index (χ3n) is 2.96. The van der Waals surface area contributed by atoms with Gasteiger partial charge >= 0.3 is 0 Å². The molecule has 0 bridgehead atoms. The molecule has 0 aliphatic carbocycles. The van der Waals surface area contributed by atoms with E-state index in [-0.39, 0.29) is 0 Å². The minimum atomic E-state index is 0.466. The molecule has 1 aromatic carbocycles. The number of unbranched alkanes of at least 4 members (excludes halogenated alkanes) is 1. The van der Waals surface area contributed by atoms with E-state index in [4.69, 9.17) is 19.5 Å². The minimum absolute atomic E-state index is 0.466. The molecule has 1 aromatic rings. The molecular formula is C16H24N2O3. The standard InChI is InChI=1S/C16H24N2O3/c1-4-8-18-12-13-10-14(19-2)16(15(11-13)20-3)21-9-6-5-7-17/h10-11,18H,4-6,8-9,12H2,1-3H3. The number of methoxy groups -OCH3 is 2. The summed E-state index contributed by atoms with van der Waals surface area (Å²) in [7, 11) is 3.22. The summed E-state index contributed by atoms with van der Waals surface area (Å²) < 4.78 is 16.5. The van der Waals surface area contributed by atoms with E-state index in [1.807, 2.05) is 12.1 Å². The van der Waals surface area contributed by atoms with Gasteiger partial charge in [-0.15, -0.1) is 0 Å². The molecule has 21 heavy (non-hydrogen) atoms. The van der Waals surface area contributed by atoms with Crippen molar-refractivity contribution in [3.63, 3.8) is 0 Å². The van der Waals surface area contributed by atoms with Crippen LogP contribution in [-0.4, -0.2) is 27.4 Å². The van der Waals surface area contributed by atoms with Gasteiger partial charge < -0.3 is 19.5 Å². The summed E-state index contributed by atoms with van der Waals surface area (Å²) in [4.78, 5) is 0. The average molecular weight is 292 g/mol. The Morgan fingerprint density at radius 3 is 2.38 bits per heavy atom. The van der Waals surface area contributed by atoms with Crippen LogP contribution in [0.25, 0.3) is 0 Å². The molecule has 0 aromatic heterocycles. The monoisotopic (exact) mass is 292 g/mol. The van der Waals surface area contributed by atoms with Crippen LogP contribution in [-0.2, 0) is 6.54 Å². The van der Waals surface area contributed by atoms with E-state index in [0.717, 1.165) is 25.1 Å². The van der Waals surface area contributed by atoms with Gasteiger partial charge in [-0.25, -0.2) is 0 Å². The topological polar surface area (TPSA) is 63.5 Å². The van der Waals surface area contributed by atoms with Crippen LogP contribution in [0.1, 0.15) is 31.7 Å². The van der Waals surface area contributed by atoms with Crippen LogP contribution in [0.3, 0.4) is 0 Å². The van der Waals surface area contributed by atoms with Crippen molar-refractivity contribution in [2.24, 2.45) is 0 Å². The van der Waals surface area contributed by atoms with Gasteiger partial charge in [0, 0.05) is 13.0 Å². The molecule has 5 heteroatoms. The molecule has 0 heterocycles. The van der Waals surface area contributed by atoms with E-state index in [0.29, 0.717) is 36.7 Å². The van der Waals surface area contributed by atoms with Gasteiger partial charge in [0.25, 0.3) is 0 Å². The zero-order valence-corrected chi connectivity index (χ0v) is 13.1. The lowest BCUT2D eigenvalue weighted by atomic mass is 10.1. The van der Waals surface area contributed by atoms with E-state index >= 15 is 0 Å². The van der Waals surface area contributed by atoms with Crippen molar-refractivity contribution in [1.82, 2.24) is 5.32 Å². The summed E-state index contributed by atoms with van der Waals surface area (Å²) in [6, 6.07) is 6.00. The first-order chi connectivity index (χ1) is 10.3. The molecular weight excluding hydrogens is 268 g/mol. The van der Waals surface area contributed by atoms with Crippen LogP contribution < -0.4 is 19.5 Å². The van der Waals surface area contributed by atoms with Crippen LogP contribution in [0.4, 0.5) is 0 Å². The summed E-state index contributed by atoms with van der Waals surface area (Å²) in [5.41, 5.74) is 1.08. The third kappa shape index (κ3) is 5.52. The smallest absolute Gasteiger partial charge is 0.203 e. The Morgan fingerprint density at radius 1 is 1.19 bits per heavy atom. The van der Waals surface area contributed by atoms with E-state index in [1.54, 1.807) is 14.2 Å². The van der Waals surface area contributed by atoms with Crippen molar-refractivity contribution in [2.45, 2.75) is 32.7 Å². The van der Waals surface area contributed by atoms with Gasteiger partial charge in [-0.2, -0.15) is 5.26 Å². The third-order valence-corrected chi connectivity index (χ3v) is 2.96. The summed E-state index contributed by atoms with van der Waals surface area (Å²) >= 11 is 0. The van der Waals surface area contributed by atoms with E-state index in [2.05, 4.69) is 18.3 Å². The maximum Gasteiger partial charge on any atom is 0.203 e. The first-order valence-electron chi connectivity index (χ1n) is 7.22. The number of hydrogen-bond acceptors (Lipinski definition) is 5. The molecule has 0 radical (unpaired) electrons. The van der Waals surface area contributed by atoms with Gasteiger partial charge in [0.1, 0.15) is 0 Å². The first-order valence-corrected chi connectivity index (χ1v) is 7.22. The number of hydrogen-bond donors (Lipinski definition) is 1. The Morgan fingerprint density at radius 2 is 1.86 bits per heavy atom. The lowest BCUT2D eigenvalue weighted by molar-refractivity contribution is 0.271. The zero-order valence-electron chi connectivity index (χ0n) is 13.1. The molecule has 1 rings (SSSR count). The molecule has 0 unspecified atom stereocenters. The molecule has 0 saturated heterocycles. The number of nitrogens with zero attached hydrogens (tertiary/aromatic N) is 1. The highest BCUT2D eigenvalue weighted by molar-refractivity contribution is 5.53. The van der Waals surface area contributed by atoms with Crippen molar-refractivity contribution >= 4 is 0 Å². The number of ether oxygens (including phenoxy) is 3. The summed E-state index contributed by atoms with van der Waals surface area (Å²) in [5.74, 6) is 1.90. The lowest BCUT2D eigenvalue weighted by Gasteiger charge is -2.16. The van der Waals surface area contributed by atoms with E-state index in [1.165, 1.54) is 0 Å². The number of nitrogens with one attached hydrogen (secondary N) is 1. The molecule has 0 aliphatic rings. The van der Waals surface area contributed by atoms with Gasteiger partial charge in [-0.1, -0.05) is 6.92 Å². The normalized spacial score (nSPS) is 10.0. The highest BCUT2D eigenvalue weighted by Gasteiger charge is 2.14. The molecule has 0 saturated carbocycles. The number of nitriles is 1. The maximum absolute atomic E-state index is 8.54. The molecule has 0 fully saturated rings. The van der Waals surface area contributed by atoms with E-state index < -0.39 is 0 Å². The molecule has 116 valence electrons. The predicted octanol–water partition coefficient (Wildman–Crippen LogP) is 2.89. The van der Waals surface area contributed by atoms with Gasteiger partial charge in [-0.05, 0) is 37.1 Å². The average Bonchev–Trinajstić information content (AvgIpc) is 2.51. The van der Waals surface area contributed by atoms with Crippen molar-refractivity contribution in [1.29, 1.82) is 5.26 Å². The Balaban J connectivity index is 2.83. The quantitative estimate of drug-likeness (QED) is 0.672. The summed E-state index contributed by atoms with van der Waals surface area (Å²) in [5, 5.41) is 11.9. The fraction of sp³-hybridized carbons (Fsp3) is 0.562. The summed E-state index contributed by atoms with van der Waals surface area (Å²) in [6.07, 6.45) is 2.25. The second kappa shape index (κ2) is 9.89. The number of rotatable bonds is 10. The molecule has 0 amide bonds. The fourth-order valence-corrected chi connectivity index (χ4v) is 1.91. The second-order valence-electron chi connectivity index (χ2n) is 4.62.